The summed E-state index contributed by atoms with van der Waals surface area (Å²) < 4.78 is 8.83. The average Bonchev–Trinajstić information content (AvgIpc) is 3.23. The topological polar surface area (TPSA) is 161 Å². The van der Waals surface area contributed by atoms with Crippen molar-refractivity contribution in [3.63, 3.8) is 0 Å². The number of imidazole rings is 1. The van der Waals surface area contributed by atoms with Crippen LogP contribution in [0.5, 0.6) is 11.5 Å². The Morgan fingerprint density at radius 1 is 1.10 bits per heavy atom. The Morgan fingerprint density at radius 2 is 1.76 bits per heavy atom. The Bertz CT molecular complexity index is 1680. The van der Waals surface area contributed by atoms with Crippen LogP contribution in [0.2, 0.25) is 0 Å². The number of aromatic nitrogens is 4. The molecule has 0 spiro atoms. The Hall–Kier alpha value is -4.95. The molecule has 0 bridgehead atoms. The summed E-state index contributed by atoms with van der Waals surface area (Å²) in [6.45, 7) is 7.36. The van der Waals surface area contributed by atoms with Gasteiger partial charge in [0.15, 0.2) is 11.5 Å². The fraction of sp³-hybridized carbons (Fsp3) is 0.300. The lowest BCUT2D eigenvalue weighted by Gasteiger charge is -2.25. The quantitative estimate of drug-likeness (QED) is 0.198. The van der Waals surface area contributed by atoms with Crippen LogP contribution in [-0.4, -0.2) is 43.3 Å². The highest BCUT2D eigenvalue weighted by Gasteiger charge is 2.27. The molecule has 4 N–H and O–H groups in total. The van der Waals surface area contributed by atoms with Gasteiger partial charge in [-0.25, -0.2) is 14.8 Å². The number of hydrogen-bond acceptors (Lipinski definition) is 8. The molecule has 0 aliphatic carbocycles. The van der Waals surface area contributed by atoms with Gasteiger partial charge in [-0.3, -0.25) is 13.9 Å². The number of carbonyl (C=O) groups is 1. The SMILES string of the molecule is CC(C)(C=C(C#N)C(=O)NCC(C)(C)Cn1c(=O)n(-c2ccc(Oc3ccccc3)cc2)c2c(N)ncnc21)CO. The van der Waals surface area contributed by atoms with Crippen LogP contribution in [0.3, 0.4) is 0 Å². The first kappa shape index (κ1) is 29.0. The molecule has 41 heavy (non-hydrogen) atoms. The van der Waals surface area contributed by atoms with E-state index in [2.05, 4.69) is 15.3 Å². The van der Waals surface area contributed by atoms with E-state index in [9.17, 15) is 20.0 Å². The second-order valence-corrected chi connectivity index (χ2v) is 11.2. The number of nitrogens with one attached hydrogen (secondary N) is 1. The first-order valence-electron chi connectivity index (χ1n) is 13.0. The molecule has 2 aromatic carbocycles. The van der Waals surface area contributed by atoms with E-state index in [0.29, 0.717) is 28.4 Å². The van der Waals surface area contributed by atoms with Crippen molar-refractivity contribution in [3.8, 4) is 23.3 Å². The summed E-state index contributed by atoms with van der Waals surface area (Å²) in [6.07, 6.45) is 2.75. The molecule has 4 rings (SSSR count). The van der Waals surface area contributed by atoms with Crippen molar-refractivity contribution in [1.82, 2.24) is 24.4 Å². The monoisotopic (exact) mass is 555 g/mol. The van der Waals surface area contributed by atoms with E-state index in [4.69, 9.17) is 10.5 Å². The summed E-state index contributed by atoms with van der Waals surface area (Å²) in [5.41, 5.74) is 5.70. The van der Waals surface area contributed by atoms with Gasteiger partial charge in [0.1, 0.15) is 35.0 Å². The second kappa shape index (κ2) is 11.7. The minimum atomic E-state index is -0.724. The Kier molecular flexibility index (Phi) is 8.26. The number of para-hydroxylation sites is 1. The molecule has 11 heteroatoms. The number of fused-ring (bicyclic) bond motifs is 1. The Balaban J connectivity index is 1.61. The minimum Gasteiger partial charge on any atom is -0.457 e. The highest BCUT2D eigenvalue weighted by atomic mass is 16.5. The van der Waals surface area contributed by atoms with Gasteiger partial charge < -0.3 is 20.9 Å². The second-order valence-electron chi connectivity index (χ2n) is 11.2. The van der Waals surface area contributed by atoms with Crippen LogP contribution in [0.1, 0.15) is 27.7 Å². The molecular formula is C30H33N7O4. The Morgan fingerprint density at radius 3 is 2.39 bits per heavy atom. The van der Waals surface area contributed by atoms with Crippen molar-refractivity contribution in [2.45, 2.75) is 34.2 Å². The van der Waals surface area contributed by atoms with E-state index >= 15 is 0 Å². The van der Waals surface area contributed by atoms with Crippen LogP contribution in [-0.2, 0) is 11.3 Å². The maximum absolute atomic E-state index is 13.8. The van der Waals surface area contributed by atoms with Crippen molar-refractivity contribution in [2.24, 2.45) is 10.8 Å². The van der Waals surface area contributed by atoms with Crippen LogP contribution in [0.4, 0.5) is 5.82 Å². The van der Waals surface area contributed by atoms with E-state index in [1.807, 2.05) is 50.2 Å². The van der Waals surface area contributed by atoms with Gasteiger partial charge in [-0.1, -0.05) is 52.0 Å². The molecule has 4 aromatic rings. The van der Waals surface area contributed by atoms with Crippen LogP contribution >= 0.6 is 0 Å². The number of benzene rings is 2. The third-order valence-electron chi connectivity index (χ3n) is 6.43. The highest BCUT2D eigenvalue weighted by Crippen LogP contribution is 2.27. The number of aliphatic hydroxyl groups is 1. The number of anilines is 1. The molecule has 1 amide bonds. The molecule has 0 aliphatic rings. The number of amides is 1. The van der Waals surface area contributed by atoms with Crippen molar-refractivity contribution in [2.75, 3.05) is 18.9 Å². The van der Waals surface area contributed by atoms with Crippen LogP contribution in [0, 0.1) is 22.2 Å². The molecule has 0 saturated heterocycles. The summed E-state index contributed by atoms with van der Waals surface area (Å²) in [5.74, 6) is 0.889. The molecule has 212 valence electrons. The number of rotatable bonds is 10. The molecule has 11 nitrogen and oxygen atoms in total. The Labute approximate surface area is 237 Å². The zero-order chi connectivity index (χ0) is 29.8. The first-order chi connectivity index (χ1) is 19.4. The average molecular weight is 556 g/mol. The number of aliphatic hydroxyl groups excluding tert-OH is 1. The number of nitrogens with two attached hydrogens (primary N) is 1. The lowest BCUT2D eigenvalue weighted by Crippen LogP contribution is -2.39. The number of nitrogen functional groups attached to an aromatic ring is 1. The van der Waals surface area contributed by atoms with Gasteiger partial charge in [-0.2, -0.15) is 5.26 Å². The maximum atomic E-state index is 13.8. The normalized spacial score (nSPS) is 12.2. The third kappa shape index (κ3) is 6.62. The van der Waals surface area contributed by atoms with E-state index in [-0.39, 0.29) is 36.8 Å². The first-order valence-corrected chi connectivity index (χ1v) is 13.0. The lowest BCUT2D eigenvalue weighted by atomic mass is 9.91. The van der Waals surface area contributed by atoms with Gasteiger partial charge in [-0.05, 0) is 36.4 Å². The summed E-state index contributed by atoms with van der Waals surface area (Å²) >= 11 is 0. The van der Waals surface area contributed by atoms with Gasteiger partial charge in [0.25, 0.3) is 5.91 Å². The van der Waals surface area contributed by atoms with Crippen LogP contribution < -0.4 is 21.5 Å². The number of nitriles is 1. The lowest BCUT2D eigenvalue weighted by molar-refractivity contribution is -0.117. The fourth-order valence-corrected chi connectivity index (χ4v) is 4.26. The maximum Gasteiger partial charge on any atom is 0.335 e. The van der Waals surface area contributed by atoms with Crippen molar-refractivity contribution in [3.05, 3.63) is 83.1 Å². The molecule has 2 heterocycles. The molecule has 2 aromatic heterocycles. The molecular weight excluding hydrogens is 522 g/mol. The molecule has 0 aliphatic heterocycles. The van der Waals surface area contributed by atoms with E-state index in [0.717, 1.165) is 0 Å². The van der Waals surface area contributed by atoms with Crippen LogP contribution in [0.15, 0.2) is 77.4 Å². The van der Waals surface area contributed by atoms with Gasteiger partial charge >= 0.3 is 5.69 Å². The molecule has 0 unspecified atom stereocenters. The van der Waals surface area contributed by atoms with Gasteiger partial charge in [0, 0.05) is 23.9 Å². The number of carbonyl (C=O) groups excluding carboxylic acids is 1. The summed E-state index contributed by atoms with van der Waals surface area (Å²) in [5, 5.41) is 21.7. The zero-order valence-corrected chi connectivity index (χ0v) is 23.5. The van der Waals surface area contributed by atoms with Crippen molar-refractivity contribution < 1.29 is 14.6 Å². The van der Waals surface area contributed by atoms with E-state index in [1.54, 1.807) is 38.1 Å². The molecule has 0 saturated carbocycles. The fourth-order valence-electron chi connectivity index (χ4n) is 4.26. The van der Waals surface area contributed by atoms with Crippen molar-refractivity contribution >= 4 is 22.9 Å². The van der Waals surface area contributed by atoms with E-state index < -0.39 is 16.7 Å². The summed E-state index contributed by atoms with van der Waals surface area (Å²) in [4.78, 5) is 35.0. The molecule has 0 fully saturated rings. The van der Waals surface area contributed by atoms with E-state index in [1.165, 1.54) is 21.5 Å². The number of hydrogen-bond donors (Lipinski definition) is 3. The number of ether oxygens (including phenoxy) is 1. The molecule has 0 atom stereocenters. The third-order valence-corrected chi connectivity index (χ3v) is 6.43. The predicted molar refractivity (Wildman–Crippen MR) is 155 cm³/mol. The smallest absolute Gasteiger partial charge is 0.335 e. The predicted octanol–water partition coefficient (Wildman–Crippen LogP) is 3.57. The highest BCUT2D eigenvalue weighted by molar-refractivity contribution is 5.97. The van der Waals surface area contributed by atoms with Crippen LogP contribution in [0.25, 0.3) is 16.9 Å². The summed E-state index contributed by atoms with van der Waals surface area (Å²) in [6, 6.07) is 18.3. The number of nitrogens with zero attached hydrogens (tertiary/aromatic N) is 5. The van der Waals surface area contributed by atoms with Gasteiger partial charge in [-0.15, -0.1) is 0 Å². The van der Waals surface area contributed by atoms with Crippen molar-refractivity contribution in [1.29, 1.82) is 5.26 Å². The molecule has 0 radical (unpaired) electrons. The standard InChI is InChI=1S/C30H33N7O4/c1-29(2,18-38)14-20(15-31)27(39)33-16-30(3,4)17-36-26-24(25(32)34-19-35-26)37(28(36)40)21-10-12-23(13-11-21)41-22-8-6-5-7-9-22/h5-14,19,38H,16-18H2,1-4H3,(H,33,39)(H2,32,34,35). The van der Waals surface area contributed by atoms with Gasteiger partial charge in [0.05, 0.1) is 12.3 Å². The largest absolute Gasteiger partial charge is 0.457 e. The van der Waals surface area contributed by atoms with Gasteiger partial charge in [0.2, 0.25) is 0 Å². The zero-order valence-electron chi connectivity index (χ0n) is 23.5. The minimum absolute atomic E-state index is 0.0891. The summed E-state index contributed by atoms with van der Waals surface area (Å²) in [7, 11) is 0.